The number of fused-ring (bicyclic) bond motifs is 1. The lowest BCUT2D eigenvalue weighted by atomic mass is 9.98. The predicted octanol–water partition coefficient (Wildman–Crippen LogP) is -2.42. The molecule has 2 saturated heterocycles. The summed E-state index contributed by atoms with van der Waals surface area (Å²) >= 11 is 0. The molecule has 3 heterocycles. The molecule has 2 aromatic rings. The van der Waals surface area contributed by atoms with E-state index in [1.54, 1.807) is 0 Å². The van der Waals surface area contributed by atoms with Crippen molar-refractivity contribution in [1.82, 2.24) is 0 Å². The first kappa shape index (κ1) is 33.7. The van der Waals surface area contributed by atoms with E-state index in [2.05, 4.69) is 0 Å². The first-order valence-electron chi connectivity index (χ1n) is 14.1. The molecule has 0 bridgehead atoms. The number of phenols is 2. The van der Waals surface area contributed by atoms with Gasteiger partial charge in [0, 0.05) is 17.7 Å². The van der Waals surface area contributed by atoms with E-state index < -0.39 is 80.7 Å². The van der Waals surface area contributed by atoms with Crippen LogP contribution in [0.1, 0.15) is 17.2 Å². The lowest BCUT2D eigenvalue weighted by Crippen LogP contribution is -2.60. The highest BCUT2D eigenvalue weighted by molar-refractivity contribution is 5.70. The summed E-state index contributed by atoms with van der Waals surface area (Å²) < 4.78 is 39.5. The molecule has 5 rings (SSSR count). The minimum atomic E-state index is -1.81. The third-order valence-corrected chi connectivity index (χ3v) is 7.88. The highest BCUT2D eigenvalue weighted by Gasteiger charge is 2.47. The maximum atomic E-state index is 10.7. The molecule has 0 aromatic heterocycles. The molecule has 0 amide bonds. The molecule has 3 aliphatic rings. The van der Waals surface area contributed by atoms with E-state index in [1.165, 1.54) is 38.5 Å². The first-order chi connectivity index (χ1) is 21.9. The molecule has 254 valence electrons. The molecule has 0 aliphatic carbocycles. The van der Waals surface area contributed by atoms with Crippen LogP contribution < -0.4 is 18.9 Å². The average Bonchev–Trinajstić information content (AvgIpc) is 3.05. The molecule has 2 fully saturated rings. The maximum absolute atomic E-state index is 10.7. The van der Waals surface area contributed by atoms with Crippen molar-refractivity contribution in [2.75, 3.05) is 27.4 Å². The Labute approximate surface area is 261 Å². The van der Waals surface area contributed by atoms with Crippen LogP contribution in [0.2, 0.25) is 0 Å². The van der Waals surface area contributed by atoms with E-state index in [-0.39, 0.29) is 51.4 Å². The summed E-state index contributed by atoms with van der Waals surface area (Å²) in [7, 11) is 2.61. The van der Waals surface area contributed by atoms with Gasteiger partial charge in [-0.25, -0.2) is 0 Å². The largest absolute Gasteiger partial charge is 0.508 e. The van der Waals surface area contributed by atoms with Gasteiger partial charge in [-0.05, 0) is 18.2 Å². The van der Waals surface area contributed by atoms with Crippen molar-refractivity contribution in [3.63, 3.8) is 0 Å². The van der Waals surface area contributed by atoms with E-state index in [1.807, 2.05) is 0 Å². The molecule has 46 heavy (non-hydrogen) atoms. The van der Waals surface area contributed by atoms with Gasteiger partial charge in [0.15, 0.2) is 17.6 Å². The second kappa shape index (κ2) is 13.6. The lowest BCUT2D eigenvalue weighted by molar-refractivity contribution is -0.293. The molecule has 17 heteroatoms. The van der Waals surface area contributed by atoms with Crippen LogP contribution in [0.5, 0.6) is 34.5 Å². The Morgan fingerprint density at radius 2 is 1.17 bits per heavy atom. The molecule has 3 aliphatic heterocycles. The van der Waals surface area contributed by atoms with Crippen LogP contribution in [0.3, 0.4) is 0 Å². The van der Waals surface area contributed by atoms with E-state index in [9.17, 15) is 51.1 Å². The van der Waals surface area contributed by atoms with Crippen LogP contribution >= 0.6 is 0 Å². The first-order valence-corrected chi connectivity index (χ1v) is 14.1. The van der Waals surface area contributed by atoms with Crippen molar-refractivity contribution >= 4 is 6.08 Å². The van der Waals surface area contributed by atoms with Gasteiger partial charge >= 0.3 is 0 Å². The van der Waals surface area contributed by atoms with E-state index >= 15 is 0 Å². The fourth-order valence-electron chi connectivity index (χ4n) is 5.31. The van der Waals surface area contributed by atoms with Gasteiger partial charge in [-0.1, -0.05) is 0 Å². The molecule has 0 radical (unpaired) electrons. The standard InChI is InChI=1S/C29H36O17/c1-40-15-3-10(4-16(41-2)20(15)33)27-17(44-29-26(39)24(37)22(35)19(9-31)46-29)7-12-13(42-27)5-11(32)6-14(12)43-28-25(38)23(36)21(34)18(8-30)45-28/h3-7,18-19,21-39H,8-9H2,1-2H3/t18-,19+,21+,22+,23-,24-,25+,26+,27?,28+,29+/m0/s1. The van der Waals surface area contributed by atoms with Crippen molar-refractivity contribution in [2.24, 2.45) is 0 Å². The average molecular weight is 657 g/mol. The van der Waals surface area contributed by atoms with Gasteiger partial charge in [-0.2, -0.15) is 0 Å². The smallest absolute Gasteiger partial charge is 0.229 e. The Balaban J connectivity index is 1.59. The molecule has 2 aromatic carbocycles. The van der Waals surface area contributed by atoms with Crippen molar-refractivity contribution < 1.29 is 84.2 Å². The van der Waals surface area contributed by atoms with Crippen molar-refractivity contribution in [2.45, 2.75) is 67.5 Å². The lowest BCUT2D eigenvalue weighted by Gasteiger charge is -2.41. The Kier molecular flexibility index (Phi) is 9.99. The Morgan fingerprint density at radius 1 is 0.652 bits per heavy atom. The van der Waals surface area contributed by atoms with Gasteiger partial charge in [0.1, 0.15) is 71.8 Å². The zero-order chi connectivity index (χ0) is 33.4. The van der Waals surface area contributed by atoms with Gasteiger partial charge in [0.05, 0.1) is 33.0 Å². The van der Waals surface area contributed by atoms with Gasteiger partial charge in [-0.3, -0.25) is 0 Å². The van der Waals surface area contributed by atoms with E-state index in [0.717, 1.165) is 6.07 Å². The molecule has 0 spiro atoms. The summed E-state index contributed by atoms with van der Waals surface area (Å²) in [6.45, 7) is -1.44. The minimum absolute atomic E-state index is 0.0153. The minimum Gasteiger partial charge on any atom is -0.508 e. The monoisotopic (exact) mass is 656 g/mol. The number of hydrogen-bond donors (Lipinski definition) is 10. The number of aliphatic hydroxyl groups excluding tert-OH is 8. The molecule has 1 unspecified atom stereocenters. The normalized spacial score (nSPS) is 34.1. The number of phenolic OH excluding ortho intramolecular Hbond substituents is 2. The third-order valence-electron chi connectivity index (χ3n) is 7.88. The topological polar surface area (TPSA) is 267 Å². The molecular formula is C29H36O17. The van der Waals surface area contributed by atoms with Crippen LogP contribution in [0.4, 0.5) is 0 Å². The Hall–Kier alpha value is -3.62. The fraction of sp³-hybridized carbons (Fsp3) is 0.517. The molecule has 0 saturated carbocycles. The van der Waals surface area contributed by atoms with Gasteiger partial charge in [0.2, 0.25) is 18.3 Å². The number of aromatic hydroxyl groups is 2. The van der Waals surface area contributed by atoms with Crippen molar-refractivity contribution in [3.05, 3.63) is 41.2 Å². The number of methoxy groups -OCH3 is 2. The SMILES string of the molecule is COc1cc(C2Oc3cc(O)cc(O[C@@H]4O[C@@H](CO)[C@@H](O)[C@H](O)[C@H]4O)c3C=C2O[C@@H]2O[C@H](CO)[C@@H](O)[C@H](O)[C@H]2O)cc(OC)c1O. The van der Waals surface area contributed by atoms with Crippen molar-refractivity contribution in [3.8, 4) is 34.5 Å². The summed E-state index contributed by atoms with van der Waals surface area (Å²) in [6, 6.07) is 5.13. The number of hydrogen-bond acceptors (Lipinski definition) is 17. The predicted molar refractivity (Wildman–Crippen MR) is 150 cm³/mol. The van der Waals surface area contributed by atoms with Crippen molar-refractivity contribution in [1.29, 1.82) is 0 Å². The number of rotatable bonds is 9. The summed E-state index contributed by atoms with van der Waals surface area (Å²) in [5.74, 6) is -1.05. The Bertz CT molecular complexity index is 1390. The van der Waals surface area contributed by atoms with E-state index in [0.29, 0.717) is 0 Å². The zero-order valence-electron chi connectivity index (χ0n) is 24.5. The Morgan fingerprint density at radius 3 is 1.67 bits per heavy atom. The quantitative estimate of drug-likeness (QED) is 0.135. The third kappa shape index (κ3) is 6.21. The maximum Gasteiger partial charge on any atom is 0.229 e. The van der Waals surface area contributed by atoms with E-state index in [4.69, 9.17) is 33.2 Å². The summed E-state index contributed by atoms with van der Waals surface area (Å²) in [4.78, 5) is 0. The molecule has 17 nitrogen and oxygen atoms in total. The van der Waals surface area contributed by atoms with Crippen LogP contribution in [0.25, 0.3) is 6.08 Å². The second-order valence-electron chi connectivity index (χ2n) is 10.8. The molecule has 10 N–H and O–H groups in total. The van der Waals surface area contributed by atoms with Gasteiger partial charge in [-0.15, -0.1) is 0 Å². The molecular weight excluding hydrogens is 620 g/mol. The van der Waals surface area contributed by atoms with Gasteiger partial charge < -0.3 is 84.2 Å². The van der Waals surface area contributed by atoms with Gasteiger partial charge in [0.25, 0.3) is 0 Å². The number of benzene rings is 2. The number of ether oxygens (including phenoxy) is 7. The van der Waals surface area contributed by atoms with Crippen LogP contribution in [-0.4, -0.2) is 140 Å². The second-order valence-corrected chi connectivity index (χ2v) is 10.8. The summed E-state index contributed by atoms with van der Waals surface area (Å²) in [5, 5.41) is 102. The highest BCUT2D eigenvalue weighted by atomic mass is 16.7. The van der Waals surface area contributed by atoms with Crippen LogP contribution in [0, 0.1) is 0 Å². The van der Waals surface area contributed by atoms with Crippen LogP contribution in [-0.2, 0) is 14.2 Å². The van der Waals surface area contributed by atoms with Crippen LogP contribution in [0.15, 0.2) is 30.0 Å². The fourth-order valence-corrected chi connectivity index (χ4v) is 5.31. The summed E-state index contributed by atoms with van der Waals surface area (Å²) in [5.41, 5.74) is 0.330. The number of aliphatic hydroxyl groups is 8. The molecule has 11 atom stereocenters. The highest BCUT2D eigenvalue weighted by Crippen LogP contribution is 2.48. The summed E-state index contributed by atoms with van der Waals surface area (Å²) in [6.07, 6.45) is -16.3. The zero-order valence-corrected chi connectivity index (χ0v) is 24.5.